The van der Waals surface area contributed by atoms with E-state index in [2.05, 4.69) is 5.32 Å². The molecule has 1 atom stereocenters. The summed E-state index contributed by atoms with van der Waals surface area (Å²) in [4.78, 5) is 11.1. The number of rotatable bonds is 3. The van der Waals surface area contributed by atoms with E-state index < -0.39 is 17.5 Å². The van der Waals surface area contributed by atoms with Crippen LogP contribution in [0.3, 0.4) is 0 Å². The lowest BCUT2D eigenvalue weighted by molar-refractivity contribution is 0.1000. The van der Waals surface area contributed by atoms with Crippen molar-refractivity contribution in [2.45, 2.75) is 12.5 Å². The first kappa shape index (κ1) is 11.8. The van der Waals surface area contributed by atoms with Crippen molar-refractivity contribution in [2.75, 3.05) is 18.5 Å². The number of nitrogens with one attached hydrogen (secondary N) is 1. The minimum Gasteiger partial charge on any atom is -0.379 e. The maximum atomic E-state index is 13.6. The Hall–Kier alpha value is -1.69. The summed E-state index contributed by atoms with van der Waals surface area (Å²) in [6.07, 6.45) is 0.703. The van der Waals surface area contributed by atoms with E-state index >= 15 is 0 Å². The second-order valence-corrected chi connectivity index (χ2v) is 3.88. The number of carbonyl (C=O) groups is 1. The van der Waals surface area contributed by atoms with E-state index in [0.29, 0.717) is 25.7 Å². The smallest absolute Gasteiger partial charge is 0.251 e. The number of anilines is 1. The Morgan fingerprint density at radius 2 is 2.24 bits per heavy atom. The highest BCUT2D eigenvalue weighted by molar-refractivity contribution is 5.98. The molecule has 92 valence electrons. The van der Waals surface area contributed by atoms with Gasteiger partial charge in [-0.25, -0.2) is 8.78 Å². The molecule has 1 aromatic carbocycles. The average Bonchev–Trinajstić information content (AvgIpc) is 2.74. The Morgan fingerprint density at radius 3 is 2.82 bits per heavy atom. The number of nitrogens with two attached hydrogens (primary N) is 1. The van der Waals surface area contributed by atoms with Crippen LogP contribution in [0.1, 0.15) is 16.8 Å². The molecule has 0 radical (unpaired) electrons. The van der Waals surface area contributed by atoms with Crippen molar-refractivity contribution in [3.63, 3.8) is 0 Å². The van der Waals surface area contributed by atoms with Gasteiger partial charge in [0.15, 0.2) is 0 Å². The molecule has 2 rings (SSSR count). The van der Waals surface area contributed by atoms with Gasteiger partial charge >= 0.3 is 0 Å². The minimum atomic E-state index is -0.871. The standard InChI is InChI=1S/C11H12F2N2O2/c12-6-3-8(11(14)16)10(9(13)4-6)15-7-1-2-17-5-7/h3-4,7,15H,1-2,5H2,(H2,14,16)/t7-/m1/s1. The Balaban J connectivity index is 2.33. The molecule has 17 heavy (non-hydrogen) atoms. The monoisotopic (exact) mass is 242 g/mol. The Bertz CT molecular complexity index is 445. The van der Waals surface area contributed by atoms with E-state index in [1.54, 1.807) is 0 Å². The summed E-state index contributed by atoms with van der Waals surface area (Å²) in [5.74, 6) is -2.53. The molecule has 0 aromatic heterocycles. The zero-order valence-corrected chi connectivity index (χ0v) is 9.00. The molecule has 1 aliphatic rings. The van der Waals surface area contributed by atoms with Crippen LogP contribution in [-0.2, 0) is 4.74 Å². The molecule has 0 unspecified atom stereocenters. The number of ether oxygens (including phenoxy) is 1. The number of hydrogen-bond acceptors (Lipinski definition) is 3. The molecule has 1 aliphatic heterocycles. The fraction of sp³-hybridized carbons (Fsp3) is 0.364. The van der Waals surface area contributed by atoms with Gasteiger partial charge in [0.2, 0.25) is 0 Å². The molecule has 1 heterocycles. The van der Waals surface area contributed by atoms with E-state index in [1.165, 1.54) is 0 Å². The normalized spacial score (nSPS) is 19.3. The van der Waals surface area contributed by atoms with E-state index in [-0.39, 0.29) is 17.3 Å². The zero-order valence-electron chi connectivity index (χ0n) is 9.00. The van der Waals surface area contributed by atoms with Crippen LogP contribution >= 0.6 is 0 Å². The molecule has 0 saturated carbocycles. The van der Waals surface area contributed by atoms with E-state index in [1.807, 2.05) is 0 Å². The highest BCUT2D eigenvalue weighted by Crippen LogP contribution is 2.23. The van der Waals surface area contributed by atoms with E-state index in [9.17, 15) is 13.6 Å². The SMILES string of the molecule is NC(=O)c1cc(F)cc(F)c1N[C@@H]1CCOC1. The number of amides is 1. The molecule has 0 aliphatic carbocycles. The molecule has 4 nitrogen and oxygen atoms in total. The van der Waals surface area contributed by atoms with Crippen LogP contribution in [0.5, 0.6) is 0 Å². The third-order valence-electron chi connectivity index (χ3n) is 2.60. The van der Waals surface area contributed by atoms with Crippen molar-refractivity contribution in [1.29, 1.82) is 0 Å². The second kappa shape index (κ2) is 4.67. The summed E-state index contributed by atoms with van der Waals surface area (Å²) in [7, 11) is 0. The van der Waals surface area contributed by atoms with Gasteiger partial charge in [-0.3, -0.25) is 4.79 Å². The second-order valence-electron chi connectivity index (χ2n) is 3.88. The predicted molar refractivity (Wildman–Crippen MR) is 57.7 cm³/mol. The zero-order chi connectivity index (χ0) is 12.4. The number of hydrogen-bond donors (Lipinski definition) is 2. The topological polar surface area (TPSA) is 64.4 Å². The molecule has 6 heteroatoms. The molecule has 1 saturated heterocycles. The van der Waals surface area contributed by atoms with Crippen LogP contribution in [0.15, 0.2) is 12.1 Å². The van der Waals surface area contributed by atoms with Gasteiger partial charge < -0.3 is 15.8 Å². The average molecular weight is 242 g/mol. The summed E-state index contributed by atoms with van der Waals surface area (Å²) < 4.78 is 31.7. The van der Waals surface area contributed by atoms with Crippen LogP contribution in [0.25, 0.3) is 0 Å². The third kappa shape index (κ3) is 2.52. The third-order valence-corrected chi connectivity index (χ3v) is 2.60. The van der Waals surface area contributed by atoms with Crippen molar-refractivity contribution in [3.8, 4) is 0 Å². The lowest BCUT2D eigenvalue weighted by Gasteiger charge is -2.15. The molecular formula is C11H12F2N2O2. The highest BCUT2D eigenvalue weighted by Gasteiger charge is 2.21. The van der Waals surface area contributed by atoms with Gasteiger partial charge in [0.1, 0.15) is 11.6 Å². The Morgan fingerprint density at radius 1 is 1.47 bits per heavy atom. The van der Waals surface area contributed by atoms with Crippen molar-refractivity contribution in [2.24, 2.45) is 5.73 Å². The summed E-state index contributed by atoms with van der Waals surface area (Å²) in [5.41, 5.74) is 4.84. The number of carbonyl (C=O) groups excluding carboxylic acids is 1. The van der Waals surface area contributed by atoms with Crippen LogP contribution in [-0.4, -0.2) is 25.2 Å². The maximum Gasteiger partial charge on any atom is 0.251 e. The van der Waals surface area contributed by atoms with Crippen LogP contribution in [0, 0.1) is 11.6 Å². The predicted octanol–water partition coefficient (Wildman–Crippen LogP) is 1.26. The summed E-state index contributed by atoms with van der Waals surface area (Å²) in [6.45, 7) is 1.00. The molecule has 1 amide bonds. The van der Waals surface area contributed by atoms with Crippen LogP contribution in [0.2, 0.25) is 0 Å². The van der Waals surface area contributed by atoms with Crippen LogP contribution in [0.4, 0.5) is 14.5 Å². The van der Waals surface area contributed by atoms with Gasteiger partial charge in [-0.15, -0.1) is 0 Å². The van der Waals surface area contributed by atoms with Gasteiger partial charge in [0.25, 0.3) is 5.91 Å². The first-order valence-corrected chi connectivity index (χ1v) is 5.21. The molecular weight excluding hydrogens is 230 g/mol. The van der Waals surface area contributed by atoms with Crippen molar-refractivity contribution >= 4 is 11.6 Å². The maximum absolute atomic E-state index is 13.6. The highest BCUT2D eigenvalue weighted by atomic mass is 19.1. The quantitative estimate of drug-likeness (QED) is 0.838. The summed E-state index contributed by atoms with van der Waals surface area (Å²) in [5, 5.41) is 2.82. The molecule has 1 fully saturated rings. The number of benzene rings is 1. The van der Waals surface area contributed by atoms with E-state index in [4.69, 9.17) is 10.5 Å². The molecule has 0 bridgehead atoms. The van der Waals surface area contributed by atoms with Crippen molar-refractivity contribution in [3.05, 3.63) is 29.3 Å². The summed E-state index contributed by atoms with van der Waals surface area (Å²) in [6, 6.07) is 1.54. The fourth-order valence-corrected chi connectivity index (χ4v) is 1.77. The minimum absolute atomic E-state index is 0.0607. The van der Waals surface area contributed by atoms with Gasteiger partial charge in [0, 0.05) is 12.7 Å². The van der Waals surface area contributed by atoms with Crippen molar-refractivity contribution < 1.29 is 18.3 Å². The lowest BCUT2D eigenvalue weighted by Crippen LogP contribution is -2.23. The lowest BCUT2D eigenvalue weighted by atomic mass is 10.1. The van der Waals surface area contributed by atoms with Crippen LogP contribution < -0.4 is 11.1 Å². The van der Waals surface area contributed by atoms with E-state index in [0.717, 1.165) is 6.07 Å². The molecule has 3 N–H and O–H groups in total. The van der Waals surface area contributed by atoms with Gasteiger partial charge in [-0.05, 0) is 12.5 Å². The Kier molecular flexibility index (Phi) is 3.23. The van der Waals surface area contributed by atoms with Gasteiger partial charge in [-0.2, -0.15) is 0 Å². The van der Waals surface area contributed by atoms with Gasteiger partial charge in [0.05, 0.1) is 23.9 Å². The first-order valence-electron chi connectivity index (χ1n) is 5.21. The number of primary amides is 1. The fourth-order valence-electron chi connectivity index (χ4n) is 1.77. The summed E-state index contributed by atoms with van der Waals surface area (Å²) >= 11 is 0. The molecule has 1 aromatic rings. The first-order chi connectivity index (χ1) is 8.08. The van der Waals surface area contributed by atoms with Gasteiger partial charge in [-0.1, -0.05) is 0 Å². The Labute approximate surface area is 96.7 Å². The number of halogens is 2. The molecule has 0 spiro atoms. The van der Waals surface area contributed by atoms with Crippen molar-refractivity contribution in [1.82, 2.24) is 0 Å². The largest absolute Gasteiger partial charge is 0.379 e.